The molecule has 0 aliphatic heterocycles. The molecule has 47 heavy (non-hydrogen) atoms. The van der Waals surface area contributed by atoms with Gasteiger partial charge in [0.15, 0.2) is 0 Å². The van der Waals surface area contributed by atoms with E-state index in [2.05, 4.69) is 98.4 Å². The Morgan fingerprint density at radius 2 is 1.64 bits per heavy atom. The summed E-state index contributed by atoms with van der Waals surface area (Å²) in [7, 11) is -1.34. The number of pyridine rings is 2. The minimum absolute atomic E-state index is 0. The van der Waals surface area contributed by atoms with Gasteiger partial charge in [-0.3, -0.25) is 4.98 Å². The summed E-state index contributed by atoms with van der Waals surface area (Å²) < 4.78 is 21.8. The van der Waals surface area contributed by atoms with Crippen molar-refractivity contribution in [3.05, 3.63) is 109 Å². The Bertz CT molecular complexity index is 2150. The van der Waals surface area contributed by atoms with E-state index in [0.29, 0.717) is 22.6 Å². The second-order valence-corrected chi connectivity index (χ2v) is 18.5. The SMILES string of the molecule is CC(C)Cc1cc(-c2[c-]cccc2)ncc1[Si](C)(C)C.CC(C)n1c(-c2[c-]ccc3c2oc2ncc(F)cc23)nc2ccccc21.[Ir]. The zero-order chi connectivity index (χ0) is 32.6. The van der Waals surface area contributed by atoms with Crippen molar-refractivity contribution in [1.29, 1.82) is 0 Å². The Morgan fingerprint density at radius 3 is 2.34 bits per heavy atom. The fourth-order valence-corrected chi connectivity index (χ4v) is 7.58. The van der Waals surface area contributed by atoms with Crippen molar-refractivity contribution in [2.75, 3.05) is 0 Å². The average molecular weight is 819 g/mol. The molecule has 4 aromatic heterocycles. The number of hydrogen-bond acceptors (Lipinski definition) is 4. The molecule has 4 heterocycles. The standard InChI is InChI=1S/C21H15FN3O.C18H24NSi.Ir/c1-12(2)25-18-9-4-3-8-17(18)24-20(25)15-7-5-6-14-16-10-13(22)11-23-21(16)26-19(14)15;1-14(2)11-16-12-17(15-9-7-6-8-10-15)19-13-18(16)20(3,4)5;/h3-6,8-12H,1-2H3;6-9,12-14H,11H2,1-5H3;/q2*-1;. The van der Waals surface area contributed by atoms with Gasteiger partial charge in [0.1, 0.15) is 5.82 Å². The van der Waals surface area contributed by atoms with Gasteiger partial charge in [0, 0.05) is 37.7 Å². The second-order valence-electron chi connectivity index (χ2n) is 13.4. The number of rotatable bonds is 6. The zero-order valence-electron chi connectivity index (χ0n) is 27.9. The van der Waals surface area contributed by atoms with Crippen LogP contribution in [-0.2, 0) is 26.5 Å². The van der Waals surface area contributed by atoms with Gasteiger partial charge in [-0.15, -0.1) is 54.1 Å². The molecule has 0 fully saturated rings. The number of benzene rings is 3. The predicted octanol–water partition coefficient (Wildman–Crippen LogP) is 9.81. The van der Waals surface area contributed by atoms with Crippen molar-refractivity contribution in [3.63, 3.8) is 0 Å². The fraction of sp³-hybridized carbons (Fsp3) is 0.256. The maximum absolute atomic E-state index is 13.6. The van der Waals surface area contributed by atoms with Crippen LogP contribution in [0.3, 0.4) is 0 Å². The Labute approximate surface area is 290 Å². The van der Waals surface area contributed by atoms with E-state index in [1.807, 2.05) is 48.5 Å². The largest absolute Gasteiger partial charge is 0.486 e. The van der Waals surface area contributed by atoms with Crippen LogP contribution >= 0.6 is 0 Å². The molecule has 1 radical (unpaired) electrons. The average Bonchev–Trinajstić information content (AvgIpc) is 3.59. The fourth-order valence-electron chi connectivity index (χ4n) is 5.99. The summed E-state index contributed by atoms with van der Waals surface area (Å²) in [4.78, 5) is 13.6. The van der Waals surface area contributed by atoms with Gasteiger partial charge in [0.25, 0.3) is 0 Å². The number of furan rings is 1. The quantitative estimate of drug-likeness (QED) is 0.124. The van der Waals surface area contributed by atoms with Crippen molar-refractivity contribution in [3.8, 4) is 22.6 Å². The Morgan fingerprint density at radius 1 is 0.872 bits per heavy atom. The molecule has 0 N–H and O–H groups in total. The summed E-state index contributed by atoms with van der Waals surface area (Å²) >= 11 is 0. The molecule has 0 unspecified atom stereocenters. The molecular formula is C39H39FIrN4OSi-2. The third-order valence-corrected chi connectivity index (χ3v) is 10.1. The van der Waals surface area contributed by atoms with Crippen molar-refractivity contribution in [2.24, 2.45) is 5.92 Å². The van der Waals surface area contributed by atoms with E-state index < -0.39 is 8.07 Å². The first-order valence-electron chi connectivity index (χ1n) is 15.8. The number of para-hydroxylation sites is 2. The first kappa shape index (κ1) is 34.4. The first-order chi connectivity index (χ1) is 22.0. The van der Waals surface area contributed by atoms with Crippen LogP contribution in [0.15, 0.2) is 89.6 Å². The maximum Gasteiger partial charge on any atom is 0.216 e. The van der Waals surface area contributed by atoms with Gasteiger partial charge in [-0.1, -0.05) is 68.2 Å². The van der Waals surface area contributed by atoms with E-state index in [1.54, 1.807) is 0 Å². The third kappa shape index (κ3) is 7.15. The topological polar surface area (TPSA) is 56.7 Å². The number of fused-ring (bicyclic) bond motifs is 4. The van der Waals surface area contributed by atoms with Crippen molar-refractivity contribution in [2.45, 2.75) is 59.8 Å². The Balaban J connectivity index is 0.000000188. The summed E-state index contributed by atoms with van der Waals surface area (Å²) in [6.45, 7) is 16.0. The van der Waals surface area contributed by atoms with Crippen molar-refractivity contribution >= 4 is 46.4 Å². The molecule has 0 aliphatic rings. The van der Waals surface area contributed by atoms with Crippen LogP contribution in [0.25, 0.3) is 55.7 Å². The van der Waals surface area contributed by atoms with E-state index in [1.165, 1.54) is 16.8 Å². The molecule has 243 valence electrons. The molecule has 0 amide bonds. The van der Waals surface area contributed by atoms with Crippen LogP contribution in [0.2, 0.25) is 19.6 Å². The van der Waals surface area contributed by atoms with Gasteiger partial charge in [0.2, 0.25) is 5.71 Å². The van der Waals surface area contributed by atoms with Gasteiger partial charge in [-0.2, -0.15) is 0 Å². The van der Waals surface area contributed by atoms with Crippen LogP contribution in [0.4, 0.5) is 4.39 Å². The summed E-state index contributed by atoms with van der Waals surface area (Å²) in [6.07, 6.45) is 4.40. The molecule has 5 nitrogen and oxygen atoms in total. The van der Waals surface area contributed by atoms with Gasteiger partial charge in [0.05, 0.1) is 36.7 Å². The van der Waals surface area contributed by atoms with Gasteiger partial charge >= 0.3 is 0 Å². The van der Waals surface area contributed by atoms with E-state index in [9.17, 15) is 4.39 Å². The van der Waals surface area contributed by atoms with Crippen LogP contribution in [0.1, 0.15) is 39.3 Å². The van der Waals surface area contributed by atoms with Gasteiger partial charge in [-0.05, 0) is 55.3 Å². The molecule has 8 heteroatoms. The summed E-state index contributed by atoms with van der Waals surface area (Å²) in [5.41, 5.74) is 7.37. The molecule has 7 rings (SSSR count). The minimum Gasteiger partial charge on any atom is -0.486 e. The van der Waals surface area contributed by atoms with Gasteiger partial charge < -0.3 is 14.0 Å². The molecule has 3 aromatic carbocycles. The summed E-state index contributed by atoms with van der Waals surface area (Å²) in [5.74, 6) is 1.07. The normalized spacial score (nSPS) is 11.7. The van der Waals surface area contributed by atoms with E-state index in [4.69, 9.17) is 9.40 Å². The van der Waals surface area contributed by atoms with E-state index >= 15 is 0 Å². The number of nitrogens with zero attached hydrogens (tertiary/aromatic N) is 4. The molecular weight excluding hydrogens is 780 g/mol. The molecule has 0 aliphatic carbocycles. The van der Waals surface area contributed by atoms with Crippen LogP contribution < -0.4 is 5.19 Å². The Kier molecular flexibility index (Phi) is 10.3. The molecule has 0 bridgehead atoms. The monoisotopic (exact) mass is 819 g/mol. The van der Waals surface area contributed by atoms with Crippen LogP contribution in [-0.4, -0.2) is 27.6 Å². The van der Waals surface area contributed by atoms with Crippen molar-refractivity contribution in [1.82, 2.24) is 19.5 Å². The zero-order valence-corrected chi connectivity index (χ0v) is 31.2. The second kappa shape index (κ2) is 14.0. The molecule has 0 spiro atoms. The number of imidazole rings is 1. The van der Waals surface area contributed by atoms with Crippen LogP contribution in [0.5, 0.6) is 0 Å². The smallest absolute Gasteiger partial charge is 0.216 e. The minimum atomic E-state index is -1.34. The number of hydrogen-bond donors (Lipinski definition) is 0. The molecule has 0 saturated heterocycles. The predicted molar refractivity (Wildman–Crippen MR) is 189 cm³/mol. The maximum atomic E-state index is 13.6. The van der Waals surface area contributed by atoms with Gasteiger partial charge in [-0.25, -0.2) is 9.37 Å². The molecule has 0 atom stereocenters. The molecule has 0 saturated carbocycles. The first-order valence-corrected chi connectivity index (χ1v) is 19.3. The number of halogens is 1. The number of aromatic nitrogens is 4. The van der Waals surface area contributed by atoms with Crippen molar-refractivity contribution < 1.29 is 28.9 Å². The van der Waals surface area contributed by atoms with E-state index in [-0.39, 0.29) is 32.0 Å². The molecule has 7 aromatic rings. The Hall–Kier alpha value is -3.97. The summed E-state index contributed by atoms with van der Waals surface area (Å²) in [6, 6.07) is 30.3. The summed E-state index contributed by atoms with van der Waals surface area (Å²) in [5, 5.41) is 2.96. The van der Waals surface area contributed by atoms with Crippen LogP contribution in [0, 0.1) is 23.9 Å². The third-order valence-electron chi connectivity index (χ3n) is 8.00. The van der Waals surface area contributed by atoms with E-state index in [0.717, 1.165) is 51.7 Å².